The zero-order valence-corrected chi connectivity index (χ0v) is 12.5. The summed E-state index contributed by atoms with van der Waals surface area (Å²) in [6.45, 7) is 0.375. The van der Waals surface area contributed by atoms with E-state index < -0.39 is 0 Å². The summed E-state index contributed by atoms with van der Waals surface area (Å²) in [5, 5.41) is 0.665. The topological polar surface area (TPSA) is 25.2 Å². The number of hydrogen-bond acceptors (Lipinski definition) is 1. The van der Waals surface area contributed by atoms with Crippen LogP contribution in [0.2, 0.25) is 10.2 Å². The first-order chi connectivity index (χ1) is 9.40. The van der Waals surface area contributed by atoms with Crippen LogP contribution in [0.15, 0.2) is 30.3 Å². The van der Waals surface area contributed by atoms with Gasteiger partial charge in [0.2, 0.25) is 0 Å². The number of halogens is 3. The largest absolute Gasteiger partial charge is 0.336 e. The maximum atomic E-state index is 12.8. The first-order valence-corrected chi connectivity index (χ1v) is 6.66. The monoisotopic (exact) mass is 314 g/mol. The van der Waals surface area contributed by atoms with Crippen molar-refractivity contribution in [2.75, 3.05) is 7.05 Å². The number of carbonyl (C=O) groups is 1. The molecule has 0 N–H and O–H groups in total. The van der Waals surface area contributed by atoms with Gasteiger partial charge in [-0.1, -0.05) is 35.3 Å². The summed E-state index contributed by atoms with van der Waals surface area (Å²) >= 11 is 11.8. The zero-order chi connectivity index (χ0) is 14.9. The molecule has 20 heavy (non-hydrogen) atoms. The van der Waals surface area contributed by atoms with E-state index in [0.29, 0.717) is 22.4 Å². The molecule has 0 fully saturated rings. The SMILES string of the molecule is CN(Cc1ccc(F)cc1)C(=O)c1cc(Cl)c(Cl)n1C. The van der Waals surface area contributed by atoms with Crippen molar-refractivity contribution in [1.29, 1.82) is 0 Å². The Hall–Kier alpha value is -1.52. The Morgan fingerprint density at radius 2 is 1.90 bits per heavy atom. The van der Waals surface area contributed by atoms with E-state index in [1.165, 1.54) is 27.7 Å². The van der Waals surface area contributed by atoms with Crippen molar-refractivity contribution in [3.8, 4) is 0 Å². The molecular formula is C14H13Cl2FN2O. The average molecular weight is 315 g/mol. The Kier molecular flexibility index (Phi) is 4.35. The maximum Gasteiger partial charge on any atom is 0.270 e. The van der Waals surface area contributed by atoms with Crippen LogP contribution in [0.3, 0.4) is 0 Å². The van der Waals surface area contributed by atoms with Crippen LogP contribution < -0.4 is 0 Å². The van der Waals surface area contributed by atoms with E-state index in [-0.39, 0.29) is 11.7 Å². The summed E-state index contributed by atoms with van der Waals surface area (Å²) in [6, 6.07) is 7.55. The summed E-state index contributed by atoms with van der Waals surface area (Å²) in [5.41, 5.74) is 1.25. The van der Waals surface area contributed by atoms with Crippen molar-refractivity contribution in [2.45, 2.75) is 6.54 Å². The van der Waals surface area contributed by atoms with Gasteiger partial charge in [0.1, 0.15) is 16.7 Å². The van der Waals surface area contributed by atoms with Gasteiger partial charge in [-0.05, 0) is 23.8 Å². The second-order valence-electron chi connectivity index (χ2n) is 4.52. The molecule has 0 spiro atoms. The summed E-state index contributed by atoms with van der Waals surface area (Å²) in [4.78, 5) is 13.8. The van der Waals surface area contributed by atoms with E-state index in [9.17, 15) is 9.18 Å². The normalized spacial score (nSPS) is 10.7. The van der Waals surface area contributed by atoms with Crippen LogP contribution in [0.5, 0.6) is 0 Å². The van der Waals surface area contributed by atoms with Crippen molar-refractivity contribution in [3.63, 3.8) is 0 Å². The molecule has 0 aliphatic rings. The van der Waals surface area contributed by atoms with Gasteiger partial charge in [-0.2, -0.15) is 0 Å². The van der Waals surface area contributed by atoms with Crippen molar-refractivity contribution in [3.05, 3.63) is 57.6 Å². The standard InChI is InChI=1S/C14H13Cl2FN2O/c1-18(8-9-3-5-10(17)6-4-9)14(20)12-7-11(15)13(16)19(12)2/h3-7H,8H2,1-2H3. The van der Waals surface area contributed by atoms with Gasteiger partial charge in [0, 0.05) is 20.6 Å². The molecule has 1 heterocycles. The van der Waals surface area contributed by atoms with Gasteiger partial charge in [0.05, 0.1) is 5.02 Å². The maximum absolute atomic E-state index is 12.8. The molecule has 6 heteroatoms. The smallest absolute Gasteiger partial charge is 0.270 e. The van der Waals surface area contributed by atoms with Crippen LogP contribution in [0, 0.1) is 5.82 Å². The summed E-state index contributed by atoms with van der Waals surface area (Å²) in [6.07, 6.45) is 0. The van der Waals surface area contributed by atoms with E-state index in [4.69, 9.17) is 23.2 Å². The highest BCUT2D eigenvalue weighted by Gasteiger charge is 2.19. The van der Waals surface area contributed by atoms with Gasteiger partial charge in [0.15, 0.2) is 0 Å². The molecule has 0 saturated carbocycles. The first kappa shape index (κ1) is 14.9. The second kappa shape index (κ2) is 5.85. The van der Waals surface area contributed by atoms with Gasteiger partial charge in [-0.3, -0.25) is 4.79 Å². The first-order valence-electron chi connectivity index (χ1n) is 5.90. The zero-order valence-electron chi connectivity index (χ0n) is 11.0. The Bertz CT molecular complexity index is 637. The van der Waals surface area contributed by atoms with Crippen LogP contribution in [0.25, 0.3) is 0 Å². The van der Waals surface area contributed by atoms with Gasteiger partial charge < -0.3 is 9.47 Å². The Balaban J connectivity index is 2.16. The molecule has 1 amide bonds. The number of amides is 1. The van der Waals surface area contributed by atoms with Gasteiger partial charge in [0.25, 0.3) is 5.91 Å². The van der Waals surface area contributed by atoms with Crippen LogP contribution in [-0.4, -0.2) is 22.4 Å². The minimum absolute atomic E-state index is 0.203. The van der Waals surface area contributed by atoms with E-state index in [1.54, 1.807) is 26.2 Å². The fourth-order valence-electron chi connectivity index (χ4n) is 1.88. The van der Waals surface area contributed by atoms with Crippen molar-refractivity contribution >= 4 is 29.1 Å². The molecular weight excluding hydrogens is 302 g/mol. The number of aromatic nitrogens is 1. The summed E-state index contributed by atoms with van der Waals surface area (Å²) < 4.78 is 14.4. The predicted molar refractivity (Wildman–Crippen MR) is 77.6 cm³/mol. The van der Waals surface area contributed by atoms with Crippen LogP contribution in [-0.2, 0) is 13.6 Å². The Morgan fingerprint density at radius 1 is 1.30 bits per heavy atom. The molecule has 0 atom stereocenters. The number of hydrogen-bond donors (Lipinski definition) is 0. The Labute approximate surface area is 126 Å². The molecule has 0 aliphatic carbocycles. The molecule has 0 saturated heterocycles. The van der Waals surface area contributed by atoms with E-state index in [1.807, 2.05) is 0 Å². The second-order valence-corrected chi connectivity index (χ2v) is 5.28. The molecule has 3 nitrogen and oxygen atoms in total. The highest BCUT2D eigenvalue weighted by Crippen LogP contribution is 2.26. The number of nitrogens with zero attached hydrogens (tertiary/aromatic N) is 2. The molecule has 1 aromatic heterocycles. The lowest BCUT2D eigenvalue weighted by atomic mass is 10.2. The van der Waals surface area contributed by atoms with Gasteiger partial charge in [-0.15, -0.1) is 0 Å². The van der Waals surface area contributed by atoms with Crippen molar-refractivity contribution in [2.24, 2.45) is 7.05 Å². The molecule has 0 radical (unpaired) electrons. The summed E-state index contributed by atoms with van der Waals surface area (Å²) in [7, 11) is 3.34. The third kappa shape index (κ3) is 2.97. The third-order valence-electron chi connectivity index (χ3n) is 3.02. The lowest BCUT2D eigenvalue weighted by Crippen LogP contribution is -2.27. The number of benzene rings is 1. The lowest BCUT2D eigenvalue weighted by Gasteiger charge is -2.17. The van der Waals surface area contributed by atoms with Gasteiger partial charge >= 0.3 is 0 Å². The van der Waals surface area contributed by atoms with E-state index in [0.717, 1.165) is 5.56 Å². The predicted octanol–water partition coefficient (Wildman–Crippen LogP) is 3.74. The molecule has 2 aromatic rings. The third-order valence-corrected chi connectivity index (χ3v) is 3.86. The molecule has 1 aromatic carbocycles. The average Bonchev–Trinajstić information content (AvgIpc) is 2.68. The van der Waals surface area contributed by atoms with Crippen LogP contribution >= 0.6 is 23.2 Å². The van der Waals surface area contributed by atoms with Crippen LogP contribution in [0.4, 0.5) is 4.39 Å². The molecule has 106 valence electrons. The summed E-state index contributed by atoms with van der Waals surface area (Å²) in [5.74, 6) is -0.505. The Morgan fingerprint density at radius 3 is 2.40 bits per heavy atom. The highest BCUT2D eigenvalue weighted by atomic mass is 35.5. The number of rotatable bonds is 3. The minimum atomic E-state index is -0.302. The van der Waals surface area contributed by atoms with Crippen molar-refractivity contribution < 1.29 is 9.18 Å². The molecule has 0 aliphatic heterocycles. The van der Waals surface area contributed by atoms with Crippen LogP contribution in [0.1, 0.15) is 16.1 Å². The number of carbonyl (C=O) groups excluding carboxylic acids is 1. The molecule has 0 unspecified atom stereocenters. The quantitative estimate of drug-likeness (QED) is 0.847. The van der Waals surface area contributed by atoms with E-state index >= 15 is 0 Å². The highest BCUT2D eigenvalue weighted by molar-refractivity contribution is 6.41. The minimum Gasteiger partial charge on any atom is -0.336 e. The van der Waals surface area contributed by atoms with Crippen molar-refractivity contribution in [1.82, 2.24) is 9.47 Å². The lowest BCUT2D eigenvalue weighted by molar-refractivity contribution is 0.0775. The fraction of sp³-hybridized carbons (Fsp3) is 0.214. The van der Waals surface area contributed by atoms with Gasteiger partial charge in [-0.25, -0.2) is 4.39 Å². The van der Waals surface area contributed by atoms with E-state index in [2.05, 4.69) is 0 Å². The molecule has 0 bridgehead atoms. The fourth-order valence-corrected chi connectivity index (χ4v) is 2.25. The molecule has 2 rings (SSSR count).